The summed E-state index contributed by atoms with van der Waals surface area (Å²) < 4.78 is 6.67. The van der Waals surface area contributed by atoms with Gasteiger partial charge in [-0.1, -0.05) is 65.6 Å². The highest BCUT2D eigenvalue weighted by Crippen LogP contribution is 2.26. The molecule has 0 bridgehead atoms. The van der Waals surface area contributed by atoms with E-state index in [1.54, 1.807) is 29.9 Å². The molecule has 4 rings (SSSR count). The number of carbonyl (C=O) groups excluding carboxylic acids is 1. The van der Waals surface area contributed by atoms with E-state index in [1.807, 2.05) is 36.4 Å². The SMILES string of the molecule is COCCn1c(SCC(=O)Nc2nnc(-c3ccccc3)s2)nc2ccccc2c1=O. The maximum absolute atomic E-state index is 12.9. The van der Waals surface area contributed by atoms with Gasteiger partial charge in [-0.3, -0.25) is 19.5 Å². The molecule has 0 unspecified atom stereocenters. The summed E-state index contributed by atoms with van der Waals surface area (Å²) in [5.41, 5.74) is 1.39. The summed E-state index contributed by atoms with van der Waals surface area (Å²) in [6.07, 6.45) is 0. The summed E-state index contributed by atoms with van der Waals surface area (Å²) in [5.74, 6) is -0.167. The topological polar surface area (TPSA) is 99.0 Å². The van der Waals surface area contributed by atoms with Gasteiger partial charge in [0.2, 0.25) is 11.0 Å². The maximum Gasteiger partial charge on any atom is 0.262 e. The van der Waals surface area contributed by atoms with Crippen molar-refractivity contribution in [3.8, 4) is 10.6 Å². The van der Waals surface area contributed by atoms with Gasteiger partial charge < -0.3 is 4.74 Å². The Balaban J connectivity index is 1.48. The van der Waals surface area contributed by atoms with Gasteiger partial charge in [0.15, 0.2) is 5.16 Å². The molecule has 0 saturated heterocycles. The van der Waals surface area contributed by atoms with E-state index in [0.717, 1.165) is 10.6 Å². The van der Waals surface area contributed by atoms with Crippen molar-refractivity contribution < 1.29 is 9.53 Å². The summed E-state index contributed by atoms with van der Waals surface area (Å²) in [6, 6.07) is 16.8. The summed E-state index contributed by atoms with van der Waals surface area (Å²) in [6.45, 7) is 0.723. The van der Waals surface area contributed by atoms with Crippen LogP contribution in [0.2, 0.25) is 0 Å². The third kappa shape index (κ3) is 4.98. The lowest BCUT2D eigenvalue weighted by atomic mass is 10.2. The third-order valence-electron chi connectivity index (χ3n) is 4.37. The first-order valence-electron chi connectivity index (χ1n) is 9.46. The van der Waals surface area contributed by atoms with Gasteiger partial charge >= 0.3 is 0 Å². The number of ether oxygens (including phenoxy) is 1. The number of rotatable bonds is 8. The van der Waals surface area contributed by atoms with Crippen LogP contribution in [0.25, 0.3) is 21.5 Å². The van der Waals surface area contributed by atoms with Crippen LogP contribution in [-0.4, -0.2) is 45.1 Å². The largest absolute Gasteiger partial charge is 0.383 e. The number of methoxy groups -OCH3 is 1. The van der Waals surface area contributed by atoms with Gasteiger partial charge in [-0.2, -0.15) is 0 Å². The van der Waals surface area contributed by atoms with Gasteiger partial charge in [-0.15, -0.1) is 10.2 Å². The van der Waals surface area contributed by atoms with Gasteiger partial charge in [0, 0.05) is 12.7 Å². The highest BCUT2D eigenvalue weighted by molar-refractivity contribution is 7.99. The standard InChI is InChI=1S/C21H19N5O3S2/c1-29-12-11-26-19(28)15-9-5-6-10-16(15)22-21(26)30-13-17(27)23-20-25-24-18(31-20)14-7-3-2-4-8-14/h2-10H,11-13H2,1H3,(H,23,25,27). The van der Waals surface area contributed by atoms with Gasteiger partial charge in [0.1, 0.15) is 5.01 Å². The van der Waals surface area contributed by atoms with Gasteiger partial charge in [-0.25, -0.2) is 4.98 Å². The number of hydrogen-bond donors (Lipinski definition) is 1. The Morgan fingerprint density at radius 2 is 1.90 bits per heavy atom. The normalized spacial score (nSPS) is 11.0. The Morgan fingerprint density at radius 1 is 1.13 bits per heavy atom. The van der Waals surface area contributed by atoms with Crippen LogP contribution in [0.3, 0.4) is 0 Å². The highest BCUT2D eigenvalue weighted by Gasteiger charge is 2.14. The number of thioether (sulfide) groups is 1. The zero-order chi connectivity index (χ0) is 21.6. The Bertz CT molecular complexity index is 1260. The lowest BCUT2D eigenvalue weighted by Crippen LogP contribution is -2.26. The number of anilines is 1. The zero-order valence-corrected chi connectivity index (χ0v) is 18.3. The Labute approximate surface area is 186 Å². The van der Waals surface area contributed by atoms with Crippen LogP contribution < -0.4 is 10.9 Å². The third-order valence-corrected chi connectivity index (χ3v) is 6.23. The zero-order valence-electron chi connectivity index (χ0n) is 16.6. The number of aromatic nitrogens is 4. The molecule has 8 nitrogen and oxygen atoms in total. The van der Waals surface area contributed by atoms with E-state index in [2.05, 4.69) is 20.5 Å². The van der Waals surface area contributed by atoms with Crippen molar-refractivity contribution in [3.05, 3.63) is 65.0 Å². The fourth-order valence-corrected chi connectivity index (χ4v) is 4.48. The number of nitrogens with zero attached hydrogens (tertiary/aromatic N) is 4. The lowest BCUT2D eigenvalue weighted by Gasteiger charge is -2.12. The minimum Gasteiger partial charge on any atom is -0.383 e. The molecule has 0 saturated carbocycles. The van der Waals surface area contributed by atoms with Crippen LogP contribution in [0.1, 0.15) is 0 Å². The smallest absolute Gasteiger partial charge is 0.262 e. The molecule has 0 radical (unpaired) electrons. The molecule has 0 aliphatic rings. The van der Waals surface area contributed by atoms with Crippen molar-refractivity contribution in [2.75, 3.05) is 24.8 Å². The first-order valence-corrected chi connectivity index (χ1v) is 11.3. The number of benzene rings is 2. The molecule has 4 aromatic rings. The van der Waals surface area contributed by atoms with Crippen LogP contribution in [-0.2, 0) is 16.1 Å². The molecule has 0 aliphatic heterocycles. The van der Waals surface area contributed by atoms with Crippen molar-refractivity contribution >= 4 is 45.0 Å². The van der Waals surface area contributed by atoms with Crippen LogP contribution in [0.15, 0.2) is 64.5 Å². The molecule has 158 valence electrons. The predicted octanol–water partition coefficient (Wildman–Crippen LogP) is 3.29. The Kier molecular flexibility index (Phi) is 6.70. The molecule has 10 heteroatoms. The van der Waals surface area contributed by atoms with E-state index in [0.29, 0.717) is 34.3 Å². The van der Waals surface area contributed by atoms with E-state index in [9.17, 15) is 9.59 Å². The second kappa shape index (κ2) is 9.82. The predicted molar refractivity (Wildman–Crippen MR) is 123 cm³/mol. The second-order valence-electron chi connectivity index (χ2n) is 6.48. The molecule has 0 atom stereocenters. The number of para-hydroxylation sites is 1. The first-order chi connectivity index (χ1) is 15.2. The van der Waals surface area contributed by atoms with Gasteiger partial charge in [0.25, 0.3) is 5.56 Å². The minimum atomic E-state index is -0.249. The van der Waals surface area contributed by atoms with E-state index in [-0.39, 0.29) is 17.2 Å². The summed E-state index contributed by atoms with van der Waals surface area (Å²) in [7, 11) is 1.57. The lowest BCUT2D eigenvalue weighted by molar-refractivity contribution is -0.113. The fraction of sp³-hybridized carbons (Fsp3) is 0.190. The van der Waals surface area contributed by atoms with Crippen molar-refractivity contribution in [1.29, 1.82) is 0 Å². The Hall–Kier alpha value is -3.08. The van der Waals surface area contributed by atoms with Crippen molar-refractivity contribution in [2.45, 2.75) is 11.7 Å². The molecular weight excluding hydrogens is 434 g/mol. The van der Waals surface area contributed by atoms with Gasteiger partial charge in [0.05, 0.1) is 29.8 Å². The minimum absolute atomic E-state index is 0.0814. The molecule has 0 spiro atoms. The molecular formula is C21H19N5O3S2. The van der Waals surface area contributed by atoms with Crippen LogP contribution in [0.4, 0.5) is 5.13 Å². The molecule has 2 aromatic carbocycles. The number of fused-ring (bicyclic) bond motifs is 1. The van der Waals surface area contributed by atoms with E-state index in [4.69, 9.17) is 4.74 Å². The van der Waals surface area contributed by atoms with Gasteiger partial charge in [-0.05, 0) is 12.1 Å². The number of carbonyl (C=O) groups is 1. The number of amides is 1. The van der Waals surface area contributed by atoms with E-state index < -0.39 is 0 Å². The second-order valence-corrected chi connectivity index (χ2v) is 8.40. The quantitative estimate of drug-likeness (QED) is 0.323. The van der Waals surface area contributed by atoms with Crippen LogP contribution in [0, 0.1) is 0 Å². The molecule has 31 heavy (non-hydrogen) atoms. The number of nitrogens with one attached hydrogen (secondary N) is 1. The average molecular weight is 454 g/mol. The van der Waals surface area contributed by atoms with E-state index >= 15 is 0 Å². The molecule has 2 heterocycles. The molecule has 1 N–H and O–H groups in total. The monoisotopic (exact) mass is 453 g/mol. The van der Waals surface area contributed by atoms with Crippen LogP contribution in [0.5, 0.6) is 0 Å². The van der Waals surface area contributed by atoms with Crippen molar-refractivity contribution in [2.24, 2.45) is 0 Å². The molecule has 1 amide bonds. The highest BCUT2D eigenvalue weighted by atomic mass is 32.2. The van der Waals surface area contributed by atoms with E-state index in [1.165, 1.54) is 23.1 Å². The summed E-state index contributed by atoms with van der Waals surface area (Å²) in [5, 5.41) is 13.1. The average Bonchev–Trinajstić information content (AvgIpc) is 3.26. The van der Waals surface area contributed by atoms with Crippen molar-refractivity contribution in [1.82, 2.24) is 19.7 Å². The fourth-order valence-electron chi connectivity index (χ4n) is 2.89. The first kappa shape index (κ1) is 21.2. The maximum atomic E-state index is 12.9. The molecule has 2 aromatic heterocycles. The van der Waals surface area contributed by atoms with Crippen molar-refractivity contribution in [3.63, 3.8) is 0 Å². The Morgan fingerprint density at radius 3 is 2.71 bits per heavy atom. The summed E-state index contributed by atoms with van der Waals surface area (Å²) >= 11 is 2.50. The van der Waals surface area contributed by atoms with Crippen LogP contribution >= 0.6 is 23.1 Å². The molecule has 0 fully saturated rings. The number of hydrogen-bond acceptors (Lipinski definition) is 8. The summed E-state index contributed by atoms with van der Waals surface area (Å²) in [4.78, 5) is 29.9. The molecule has 0 aliphatic carbocycles.